The summed E-state index contributed by atoms with van der Waals surface area (Å²) in [4.78, 5) is 34.6. The molecule has 0 radical (unpaired) electrons. The van der Waals surface area contributed by atoms with Crippen molar-refractivity contribution in [3.8, 4) is 0 Å². The molecule has 0 saturated carbocycles. The molecule has 1 atom stereocenters. The molecule has 11 nitrogen and oxygen atoms in total. The van der Waals surface area contributed by atoms with Gasteiger partial charge in [-0.15, -0.1) is 0 Å². The van der Waals surface area contributed by atoms with Gasteiger partial charge in [0.2, 0.25) is 21.9 Å². The molecule has 0 bridgehead atoms. The molecule has 2 aromatic rings. The van der Waals surface area contributed by atoms with E-state index >= 15 is 0 Å². The van der Waals surface area contributed by atoms with Gasteiger partial charge in [-0.25, -0.2) is 23.2 Å². The van der Waals surface area contributed by atoms with Crippen molar-refractivity contribution in [2.75, 3.05) is 42.5 Å². The van der Waals surface area contributed by atoms with E-state index in [2.05, 4.69) is 15.3 Å². The van der Waals surface area contributed by atoms with E-state index in [1.54, 1.807) is 20.8 Å². The summed E-state index contributed by atoms with van der Waals surface area (Å²) < 4.78 is 95.4. The van der Waals surface area contributed by atoms with Crippen LogP contribution in [0.25, 0.3) is 0 Å². The Morgan fingerprint density at radius 3 is 2.33 bits per heavy atom. The van der Waals surface area contributed by atoms with Crippen molar-refractivity contribution in [3.05, 3.63) is 41.7 Å². The number of alkyl halides is 3. The molecule has 0 aliphatic carbocycles. The van der Waals surface area contributed by atoms with E-state index in [0.717, 1.165) is 4.31 Å². The molecule has 1 N–H and O–H groups in total. The van der Waals surface area contributed by atoms with Gasteiger partial charge in [0.15, 0.2) is 0 Å². The topological polar surface area (TPSA) is 125 Å². The zero-order valence-corrected chi connectivity index (χ0v) is 22.8. The SMILES string of the molecule is [2H]C([2H])([2H])c1cc(C(F)(F)F)nc(N2CCN(S(=O)(=O)c3ccc(N4CC(NC(=O)OC(C)(C)C)CC4=O)cc3)CC2)n1. The lowest BCUT2D eigenvalue weighted by Crippen LogP contribution is -2.49. The highest BCUT2D eigenvalue weighted by atomic mass is 32.2. The predicted octanol–water partition coefficient (Wildman–Crippen LogP) is 2.94. The van der Waals surface area contributed by atoms with Crippen LogP contribution in [0.15, 0.2) is 35.2 Å². The summed E-state index contributed by atoms with van der Waals surface area (Å²) in [6.45, 7) is 2.05. The lowest BCUT2D eigenvalue weighted by Gasteiger charge is -2.34. The number of hydrogen-bond acceptors (Lipinski definition) is 8. The maximum absolute atomic E-state index is 13.4. The molecule has 2 fully saturated rings. The molecular formula is C25H31F3N6O5S. The maximum atomic E-state index is 13.4. The molecule has 0 spiro atoms. The minimum Gasteiger partial charge on any atom is -0.444 e. The maximum Gasteiger partial charge on any atom is 0.433 e. The first kappa shape index (κ1) is 25.5. The number of carbonyl (C=O) groups excluding carboxylic acids is 2. The van der Waals surface area contributed by atoms with E-state index in [1.807, 2.05) is 0 Å². The van der Waals surface area contributed by atoms with Gasteiger partial charge >= 0.3 is 12.3 Å². The second-order valence-corrected chi connectivity index (χ2v) is 12.3. The van der Waals surface area contributed by atoms with Crippen LogP contribution in [0.2, 0.25) is 0 Å². The first-order valence-electron chi connectivity index (χ1n) is 13.9. The fourth-order valence-electron chi connectivity index (χ4n) is 4.32. The highest BCUT2D eigenvalue weighted by Gasteiger charge is 2.36. The van der Waals surface area contributed by atoms with E-state index in [-0.39, 0.29) is 49.9 Å². The number of halogens is 3. The van der Waals surface area contributed by atoms with Crippen LogP contribution in [-0.4, -0.2) is 79.1 Å². The minimum atomic E-state index is -4.90. The van der Waals surface area contributed by atoms with Crippen molar-refractivity contribution in [3.63, 3.8) is 0 Å². The number of piperazine rings is 1. The van der Waals surface area contributed by atoms with Crippen molar-refractivity contribution in [2.24, 2.45) is 0 Å². The number of alkyl carbamates (subject to hydrolysis) is 1. The van der Waals surface area contributed by atoms with Crippen molar-refractivity contribution in [1.29, 1.82) is 0 Å². The molecule has 2 aliphatic rings. The number of sulfonamides is 1. The van der Waals surface area contributed by atoms with Gasteiger partial charge < -0.3 is 19.9 Å². The number of amides is 2. The van der Waals surface area contributed by atoms with E-state index in [0.29, 0.717) is 11.8 Å². The molecule has 1 aromatic heterocycles. The first-order chi connectivity index (χ1) is 19.7. The van der Waals surface area contributed by atoms with Gasteiger partial charge in [0.25, 0.3) is 0 Å². The molecule has 4 rings (SSSR count). The summed E-state index contributed by atoms with van der Waals surface area (Å²) in [5, 5.41) is 2.66. The number of nitrogens with zero attached hydrogens (tertiary/aromatic N) is 5. The third-order valence-electron chi connectivity index (χ3n) is 6.16. The van der Waals surface area contributed by atoms with E-state index in [1.165, 1.54) is 34.1 Å². The Morgan fingerprint density at radius 2 is 1.75 bits per heavy atom. The fourth-order valence-corrected chi connectivity index (χ4v) is 5.75. The van der Waals surface area contributed by atoms with Gasteiger partial charge in [-0.2, -0.15) is 17.5 Å². The molecule has 218 valence electrons. The molecule has 15 heteroatoms. The van der Waals surface area contributed by atoms with Crippen molar-refractivity contribution in [2.45, 2.75) is 56.8 Å². The molecule has 1 aromatic carbocycles. The van der Waals surface area contributed by atoms with Crippen molar-refractivity contribution < 1.29 is 40.0 Å². The molecule has 2 saturated heterocycles. The summed E-state index contributed by atoms with van der Waals surface area (Å²) in [6, 6.07) is 5.54. The summed E-state index contributed by atoms with van der Waals surface area (Å²) in [7, 11) is -4.01. The number of benzene rings is 1. The number of anilines is 2. The average Bonchev–Trinajstić information content (AvgIpc) is 3.25. The number of ether oxygens (including phenoxy) is 1. The molecule has 2 aliphatic heterocycles. The third kappa shape index (κ3) is 6.81. The molecule has 3 heterocycles. The number of aromatic nitrogens is 2. The standard InChI is InChI=1S/C25H31F3N6O5S/c1-16-13-20(25(26,27)28)31-22(29-16)32-9-11-33(12-10-32)40(37,38)19-7-5-18(6-8-19)34-15-17(14-21(34)35)30-23(36)39-24(2,3)4/h5-8,13,17H,9-12,14-15H2,1-4H3,(H,30,36)/i1D3. The Kier molecular flexibility index (Phi) is 6.91. The number of hydrogen-bond donors (Lipinski definition) is 1. The van der Waals surface area contributed by atoms with Crippen molar-refractivity contribution >= 4 is 33.7 Å². The minimum absolute atomic E-state index is 0.0486. The lowest BCUT2D eigenvalue weighted by atomic mass is 10.2. The van der Waals surface area contributed by atoms with E-state index < -0.39 is 58.1 Å². The van der Waals surface area contributed by atoms with Gasteiger partial charge in [0.1, 0.15) is 11.3 Å². The Hall–Kier alpha value is -3.46. The monoisotopic (exact) mass is 587 g/mol. The largest absolute Gasteiger partial charge is 0.444 e. The molecule has 2 amide bonds. The lowest BCUT2D eigenvalue weighted by molar-refractivity contribution is -0.141. The quantitative estimate of drug-likeness (QED) is 0.566. The Labute approximate surface area is 234 Å². The Balaban J connectivity index is 1.42. The summed E-state index contributed by atoms with van der Waals surface area (Å²) >= 11 is 0. The second kappa shape index (κ2) is 10.8. The van der Waals surface area contributed by atoms with E-state index in [4.69, 9.17) is 8.85 Å². The van der Waals surface area contributed by atoms with Gasteiger partial charge in [0, 0.05) is 54.6 Å². The number of rotatable bonds is 5. The van der Waals surface area contributed by atoms with Crippen LogP contribution in [0.3, 0.4) is 0 Å². The van der Waals surface area contributed by atoms with Crippen LogP contribution in [0, 0.1) is 6.85 Å². The Morgan fingerprint density at radius 1 is 1.10 bits per heavy atom. The predicted molar refractivity (Wildman–Crippen MR) is 139 cm³/mol. The zero-order valence-electron chi connectivity index (χ0n) is 25.0. The normalized spacial score (nSPS) is 20.6. The molecule has 1 unspecified atom stereocenters. The third-order valence-corrected chi connectivity index (χ3v) is 8.07. The smallest absolute Gasteiger partial charge is 0.433 e. The van der Waals surface area contributed by atoms with Crippen LogP contribution in [0.1, 0.15) is 42.7 Å². The van der Waals surface area contributed by atoms with Gasteiger partial charge in [-0.3, -0.25) is 4.79 Å². The second-order valence-electron chi connectivity index (χ2n) is 10.4. The van der Waals surface area contributed by atoms with Crippen LogP contribution in [0.4, 0.5) is 29.6 Å². The van der Waals surface area contributed by atoms with Crippen LogP contribution in [-0.2, 0) is 25.7 Å². The highest BCUT2D eigenvalue weighted by molar-refractivity contribution is 7.89. The van der Waals surface area contributed by atoms with Crippen molar-refractivity contribution in [1.82, 2.24) is 19.6 Å². The van der Waals surface area contributed by atoms with Crippen LogP contribution >= 0.6 is 0 Å². The van der Waals surface area contributed by atoms with Crippen LogP contribution in [0.5, 0.6) is 0 Å². The summed E-state index contributed by atoms with van der Waals surface area (Å²) in [5.41, 5.74) is -2.42. The molecular weight excluding hydrogens is 553 g/mol. The number of carbonyl (C=O) groups is 2. The fraction of sp³-hybridized carbons (Fsp3) is 0.520. The first-order valence-corrected chi connectivity index (χ1v) is 13.8. The van der Waals surface area contributed by atoms with Crippen LogP contribution < -0.4 is 15.1 Å². The van der Waals surface area contributed by atoms with Gasteiger partial charge in [0.05, 0.1) is 10.9 Å². The summed E-state index contributed by atoms with van der Waals surface area (Å²) in [6.07, 6.45) is -5.50. The zero-order chi connectivity index (χ0) is 32.0. The van der Waals surface area contributed by atoms with Gasteiger partial charge in [-0.1, -0.05) is 0 Å². The highest BCUT2D eigenvalue weighted by Crippen LogP contribution is 2.30. The average molecular weight is 588 g/mol. The Bertz CT molecular complexity index is 1440. The number of aryl methyl sites for hydroxylation is 1. The van der Waals surface area contributed by atoms with E-state index in [9.17, 15) is 31.2 Å². The summed E-state index contributed by atoms with van der Waals surface area (Å²) in [5.74, 6) is -0.705. The number of nitrogens with one attached hydrogen (secondary N) is 1. The van der Waals surface area contributed by atoms with Gasteiger partial charge in [-0.05, 0) is 58.0 Å². The molecule has 40 heavy (non-hydrogen) atoms.